The molecule has 0 atom stereocenters. The number of para-hydroxylation sites is 3. The lowest BCUT2D eigenvalue weighted by Crippen LogP contribution is -2.03. The van der Waals surface area contributed by atoms with Crippen LogP contribution in [0, 0.1) is 0 Å². The van der Waals surface area contributed by atoms with E-state index in [2.05, 4.69) is 155 Å². The summed E-state index contributed by atoms with van der Waals surface area (Å²) in [6.07, 6.45) is 0. The Labute approximate surface area is 264 Å². The van der Waals surface area contributed by atoms with Crippen LogP contribution in [0.15, 0.2) is 158 Å². The molecule has 0 aliphatic carbocycles. The van der Waals surface area contributed by atoms with Crippen molar-refractivity contribution in [3.63, 3.8) is 0 Å². The van der Waals surface area contributed by atoms with Crippen LogP contribution in [-0.4, -0.2) is 19.1 Å². The number of benzene rings is 7. The van der Waals surface area contributed by atoms with E-state index in [4.69, 9.17) is 9.97 Å². The predicted molar refractivity (Wildman–Crippen MR) is 191 cm³/mol. The van der Waals surface area contributed by atoms with Crippen molar-refractivity contribution in [3.8, 4) is 22.9 Å². The zero-order chi connectivity index (χ0) is 30.2. The number of aromatic nitrogens is 4. The second-order valence-electron chi connectivity index (χ2n) is 11.8. The summed E-state index contributed by atoms with van der Waals surface area (Å²) in [5.74, 6) is 0.663. The van der Waals surface area contributed by atoms with Gasteiger partial charge in [-0.15, -0.1) is 0 Å². The molecule has 46 heavy (non-hydrogen) atoms. The molecule has 214 valence electrons. The van der Waals surface area contributed by atoms with Gasteiger partial charge in [0, 0.05) is 37.9 Å². The van der Waals surface area contributed by atoms with E-state index in [1.165, 1.54) is 49.0 Å². The second-order valence-corrected chi connectivity index (χ2v) is 11.8. The van der Waals surface area contributed by atoms with Gasteiger partial charge in [0.25, 0.3) is 0 Å². The molecule has 4 nitrogen and oxygen atoms in total. The maximum Gasteiger partial charge on any atom is 0.235 e. The summed E-state index contributed by atoms with van der Waals surface area (Å²) in [6.45, 7) is 0. The zero-order valence-electron chi connectivity index (χ0n) is 24.8. The zero-order valence-corrected chi connectivity index (χ0v) is 24.8. The van der Waals surface area contributed by atoms with Crippen molar-refractivity contribution in [1.82, 2.24) is 19.1 Å². The van der Waals surface area contributed by atoms with Gasteiger partial charge >= 0.3 is 0 Å². The summed E-state index contributed by atoms with van der Waals surface area (Å²) in [7, 11) is 0. The van der Waals surface area contributed by atoms with E-state index < -0.39 is 0 Å². The summed E-state index contributed by atoms with van der Waals surface area (Å²) in [5, 5.41) is 8.30. The molecule has 0 aliphatic rings. The average Bonchev–Trinajstić information content (AvgIpc) is 3.64. The monoisotopic (exact) mass is 586 g/mol. The fourth-order valence-electron chi connectivity index (χ4n) is 7.36. The van der Waals surface area contributed by atoms with Crippen LogP contribution in [0.4, 0.5) is 0 Å². The first-order valence-electron chi connectivity index (χ1n) is 15.6. The number of hydrogen-bond donors (Lipinski definition) is 0. The number of hydrogen-bond acceptors (Lipinski definition) is 2. The summed E-state index contributed by atoms with van der Waals surface area (Å²) in [6, 6.07) is 55.9. The van der Waals surface area contributed by atoms with Crippen molar-refractivity contribution >= 4 is 65.3 Å². The quantitative estimate of drug-likeness (QED) is 0.206. The second kappa shape index (κ2) is 9.62. The Morgan fingerprint density at radius 3 is 1.89 bits per heavy atom. The number of fused-ring (bicyclic) bond motifs is 9. The summed E-state index contributed by atoms with van der Waals surface area (Å²) >= 11 is 0. The maximum absolute atomic E-state index is 5.30. The van der Waals surface area contributed by atoms with Gasteiger partial charge in [-0.1, -0.05) is 127 Å². The molecular weight excluding hydrogens is 560 g/mol. The van der Waals surface area contributed by atoms with Crippen molar-refractivity contribution in [2.24, 2.45) is 0 Å². The molecule has 0 radical (unpaired) electrons. The van der Waals surface area contributed by atoms with Crippen molar-refractivity contribution < 1.29 is 0 Å². The van der Waals surface area contributed by atoms with Crippen LogP contribution in [0.1, 0.15) is 0 Å². The van der Waals surface area contributed by atoms with Crippen LogP contribution in [-0.2, 0) is 0 Å². The Bertz CT molecular complexity index is 2800. The standard InChI is InChI=1S/C42H26N4/c1-2-14-28(15-3-1)40-32-19-6-9-21-34(32)43-42(44-40)46-37-23-11-8-20-33(37)39-38(46)26-25-31-30-18-7-10-22-36(30)45(41(31)39)35-24-12-16-27-13-4-5-17-29(27)35/h1-26H. The molecule has 0 bridgehead atoms. The Morgan fingerprint density at radius 2 is 1.04 bits per heavy atom. The molecule has 10 rings (SSSR count). The molecule has 0 aliphatic heterocycles. The highest BCUT2D eigenvalue weighted by Crippen LogP contribution is 2.43. The molecule has 0 N–H and O–H groups in total. The van der Waals surface area contributed by atoms with Crippen molar-refractivity contribution in [1.29, 1.82) is 0 Å². The van der Waals surface area contributed by atoms with E-state index in [-0.39, 0.29) is 0 Å². The molecule has 3 aromatic heterocycles. The summed E-state index contributed by atoms with van der Waals surface area (Å²) in [5.41, 5.74) is 8.62. The molecule has 0 spiro atoms. The Kier molecular flexibility index (Phi) is 5.25. The Balaban J connectivity index is 1.39. The van der Waals surface area contributed by atoms with E-state index in [0.29, 0.717) is 5.95 Å². The van der Waals surface area contributed by atoms with Crippen LogP contribution in [0.2, 0.25) is 0 Å². The number of rotatable bonds is 3. The highest BCUT2D eigenvalue weighted by atomic mass is 15.2. The molecule has 7 aromatic carbocycles. The number of nitrogens with zero attached hydrogens (tertiary/aromatic N) is 4. The minimum absolute atomic E-state index is 0.663. The largest absolute Gasteiger partial charge is 0.308 e. The first-order chi connectivity index (χ1) is 22.8. The Morgan fingerprint density at radius 1 is 0.391 bits per heavy atom. The lowest BCUT2D eigenvalue weighted by Gasteiger charge is -2.13. The van der Waals surface area contributed by atoms with Gasteiger partial charge in [-0.2, -0.15) is 0 Å². The first kappa shape index (κ1) is 25.1. The van der Waals surface area contributed by atoms with Crippen LogP contribution >= 0.6 is 0 Å². The first-order valence-corrected chi connectivity index (χ1v) is 15.6. The molecule has 10 aromatic rings. The highest BCUT2D eigenvalue weighted by Gasteiger charge is 2.23. The van der Waals surface area contributed by atoms with Gasteiger partial charge in [0.15, 0.2) is 0 Å². The molecule has 0 saturated carbocycles. The normalized spacial score (nSPS) is 11.9. The minimum Gasteiger partial charge on any atom is -0.308 e. The van der Waals surface area contributed by atoms with Crippen molar-refractivity contribution in [2.45, 2.75) is 0 Å². The molecule has 4 heteroatoms. The smallest absolute Gasteiger partial charge is 0.235 e. The summed E-state index contributed by atoms with van der Waals surface area (Å²) < 4.78 is 4.71. The third-order valence-corrected chi connectivity index (χ3v) is 9.32. The van der Waals surface area contributed by atoms with Crippen molar-refractivity contribution in [2.75, 3.05) is 0 Å². The van der Waals surface area contributed by atoms with E-state index >= 15 is 0 Å². The van der Waals surface area contributed by atoms with Gasteiger partial charge in [0.1, 0.15) is 0 Å². The fraction of sp³-hybridized carbons (Fsp3) is 0. The molecular formula is C42H26N4. The molecule has 0 fully saturated rings. The van der Waals surface area contributed by atoms with Gasteiger partial charge in [-0.3, -0.25) is 4.57 Å². The highest BCUT2D eigenvalue weighted by molar-refractivity contribution is 6.26. The lowest BCUT2D eigenvalue weighted by molar-refractivity contribution is 1.01. The predicted octanol–water partition coefficient (Wildman–Crippen LogP) is 10.6. The van der Waals surface area contributed by atoms with Crippen molar-refractivity contribution in [3.05, 3.63) is 158 Å². The van der Waals surface area contributed by atoms with Gasteiger partial charge in [-0.25, -0.2) is 9.97 Å². The third-order valence-electron chi connectivity index (χ3n) is 9.32. The van der Waals surface area contributed by atoms with Gasteiger partial charge in [-0.05, 0) is 35.7 Å². The SMILES string of the molecule is c1ccc(-c2nc(-n3c4ccccc4c4c3ccc3c5ccccc5n(-c5cccc6ccccc56)c34)nc3ccccc23)cc1. The van der Waals surface area contributed by atoms with Gasteiger partial charge in [0.2, 0.25) is 5.95 Å². The van der Waals surface area contributed by atoms with Crippen LogP contribution in [0.5, 0.6) is 0 Å². The third kappa shape index (κ3) is 3.49. The fourth-order valence-corrected chi connectivity index (χ4v) is 7.36. The van der Waals surface area contributed by atoms with E-state index in [1.807, 2.05) is 12.1 Å². The topological polar surface area (TPSA) is 35.6 Å². The molecule has 0 saturated heterocycles. The Hall–Kier alpha value is -6.26. The molecule has 0 unspecified atom stereocenters. The van der Waals surface area contributed by atoms with E-state index in [9.17, 15) is 0 Å². The molecule has 0 amide bonds. The van der Waals surface area contributed by atoms with Crippen LogP contribution in [0.25, 0.3) is 88.2 Å². The van der Waals surface area contributed by atoms with Gasteiger partial charge in [0.05, 0.1) is 39.0 Å². The molecule has 3 heterocycles. The van der Waals surface area contributed by atoms with Crippen LogP contribution < -0.4 is 0 Å². The van der Waals surface area contributed by atoms with E-state index in [0.717, 1.165) is 33.2 Å². The van der Waals surface area contributed by atoms with E-state index in [1.54, 1.807) is 0 Å². The lowest BCUT2D eigenvalue weighted by atomic mass is 10.1. The average molecular weight is 587 g/mol. The minimum atomic E-state index is 0.663. The summed E-state index contributed by atoms with van der Waals surface area (Å²) in [4.78, 5) is 10.5. The maximum atomic E-state index is 5.30. The van der Waals surface area contributed by atoms with Crippen LogP contribution in [0.3, 0.4) is 0 Å². The van der Waals surface area contributed by atoms with Gasteiger partial charge < -0.3 is 4.57 Å².